The predicted octanol–water partition coefficient (Wildman–Crippen LogP) is 3.54. The number of hydrogen-bond acceptors (Lipinski definition) is 4. The maximum atomic E-state index is 5.68. The van der Waals surface area contributed by atoms with Crippen molar-refractivity contribution >= 4 is 0 Å². The number of nitrogens with two attached hydrogens (primary N) is 1. The first kappa shape index (κ1) is 15.9. The topological polar surface area (TPSA) is 61.3 Å². The van der Waals surface area contributed by atoms with E-state index >= 15 is 0 Å². The average molecular weight is 318 g/mol. The SMILES string of the molecule is Cc1oc(-c2ccccc2)nc1C#CCOc1ccc(CN)cc1. The summed E-state index contributed by atoms with van der Waals surface area (Å²) in [5, 5.41) is 0. The molecular weight excluding hydrogens is 300 g/mol. The Morgan fingerprint density at radius 3 is 2.54 bits per heavy atom. The monoisotopic (exact) mass is 318 g/mol. The van der Waals surface area contributed by atoms with E-state index in [1.807, 2.05) is 61.5 Å². The van der Waals surface area contributed by atoms with Crippen molar-refractivity contribution in [3.05, 3.63) is 71.6 Å². The van der Waals surface area contributed by atoms with Gasteiger partial charge in [-0.25, -0.2) is 4.98 Å². The molecule has 0 bridgehead atoms. The molecule has 0 atom stereocenters. The molecule has 0 spiro atoms. The Labute approximate surface area is 141 Å². The van der Waals surface area contributed by atoms with Gasteiger partial charge in [-0.1, -0.05) is 36.3 Å². The van der Waals surface area contributed by atoms with Gasteiger partial charge in [-0.15, -0.1) is 0 Å². The minimum absolute atomic E-state index is 0.287. The van der Waals surface area contributed by atoms with Crippen LogP contribution in [0.2, 0.25) is 0 Å². The van der Waals surface area contributed by atoms with Crippen LogP contribution in [0.3, 0.4) is 0 Å². The second-order valence-corrected chi connectivity index (χ2v) is 5.23. The van der Waals surface area contributed by atoms with Crippen LogP contribution in [0, 0.1) is 18.8 Å². The van der Waals surface area contributed by atoms with Crippen molar-refractivity contribution in [1.82, 2.24) is 4.98 Å². The summed E-state index contributed by atoms with van der Waals surface area (Å²) in [6.45, 7) is 2.67. The van der Waals surface area contributed by atoms with Crippen LogP contribution in [-0.2, 0) is 6.54 Å². The molecule has 0 saturated heterocycles. The van der Waals surface area contributed by atoms with E-state index in [0.29, 0.717) is 23.9 Å². The van der Waals surface area contributed by atoms with Crippen molar-refractivity contribution in [3.63, 3.8) is 0 Å². The van der Waals surface area contributed by atoms with Crippen LogP contribution in [-0.4, -0.2) is 11.6 Å². The van der Waals surface area contributed by atoms with Crippen LogP contribution < -0.4 is 10.5 Å². The molecule has 2 N–H and O–H groups in total. The minimum Gasteiger partial charge on any atom is -0.481 e. The van der Waals surface area contributed by atoms with Crippen LogP contribution in [0.25, 0.3) is 11.5 Å². The van der Waals surface area contributed by atoms with Crippen molar-refractivity contribution < 1.29 is 9.15 Å². The van der Waals surface area contributed by atoms with Gasteiger partial charge in [0, 0.05) is 12.1 Å². The average Bonchev–Trinajstić information content (AvgIpc) is 3.01. The molecule has 3 rings (SSSR count). The van der Waals surface area contributed by atoms with Crippen molar-refractivity contribution in [2.24, 2.45) is 5.73 Å². The summed E-state index contributed by atoms with van der Waals surface area (Å²) in [6, 6.07) is 17.4. The standard InChI is InChI=1S/C20H18N2O2/c1-15-19(22-20(24-15)17-6-3-2-4-7-17)8-5-13-23-18-11-9-16(14-21)10-12-18/h2-4,6-7,9-12H,13-14,21H2,1H3. The largest absolute Gasteiger partial charge is 0.481 e. The highest BCUT2D eigenvalue weighted by Gasteiger charge is 2.08. The van der Waals surface area contributed by atoms with E-state index < -0.39 is 0 Å². The lowest BCUT2D eigenvalue weighted by Gasteiger charge is -2.02. The Bertz CT molecular complexity index is 856. The number of rotatable bonds is 4. The molecule has 3 aromatic rings. The summed E-state index contributed by atoms with van der Waals surface area (Å²) >= 11 is 0. The first-order valence-corrected chi connectivity index (χ1v) is 7.70. The van der Waals surface area contributed by atoms with Gasteiger partial charge in [-0.3, -0.25) is 0 Å². The van der Waals surface area contributed by atoms with Crippen molar-refractivity contribution in [2.75, 3.05) is 6.61 Å². The zero-order valence-corrected chi connectivity index (χ0v) is 13.5. The van der Waals surface area contributed by atoms with E-state index in [-0.39, 0.29) is 6.61 Å². The molecular formula is C20H18N2O2. The third-order valence-corrected chi connectivity index (χ3v) is 3.49. The van der Waals surface area contributed by atoms with Gasteiger partial charge >= 0.3 is 0 Å². The maximum absolute atomic E-state index is 5.68. The summed E-state index contributed by atoms with van der Waals surface area (Å²) in [4.78, 5) is 4.44. The summed E-state index contributed by atoms with van der Waals surface area (Å²) in [5.74, 6) is 8.01. The lowest BCUT2D eigenvalue weighted by molar-refractivity contribution is 0.370. The summed E-state index contributed by atoms with van der Waals surface area (Å²) in [7, 11) is 0. The molecule has 1 heterocycles. The molecule has 0 aliphatic rings. The molecule has 24 heavy (non-hydrogen) atoms. The Balaban J connectivity index is 1.64. The number of benzene rings is 2. The van der Waals surface area contributed by atoms with Crippen LogP contribution >= 0.6 is 0 Å². The number of nitrogens with zero attached hydrogens (tertiary/aromatic N) is 1. The minimum atomic E-state index is 0.287. The van der Waals surface area contributed by atoms with Crippen LogP contribution in [0.15, 0.2) is 59.0 Å². The van der Waals surface area contributed by atoms with Crippen LogP contribution in [0.4, 0.5) is 0 Å². The predicted molar refractivity (Wildman–Crippen MR) is 93.4 cm³/mol. The number of aromatic nitrogens is 1. The van der Waals surface area contributed by atoms with Crippen LogP contribution in [0.5, 0.6) is 5.75 Å². The fraction of sp³-hybridized carbons (Fsp3) is 0.150. The molecule has 0 amide bonds. The Hall–Kier alpha value is -3.03. The molecule has 2 aromatic carbocycles. The zero-order chi connectivity index (χ0) is 16.8. The molecule has 1 aromatic heterocycles. The lowest BCUT2D eigenvalue weighted by Crippen LogP contribution is -1.97. The molecule has 0 radical (unpaired) electrons. The van der Waals surface area contributed by atoms with E-state index in [9.17, 15) is 0 Å². The first-order chi connectivity index (χ1) is 11.8. The smallest absolute Gasteiger partial charge is 0.227 e. The fourth-order valence-corrected chi connectivity index (χ4v) is 2.18. The number of oxazole rings is 1. The maximum Gasteiger partial charge on any atom is 0.227 e. The second kappa shape index (κ2) is 7.49. The van der Waals surface area contributed by atoms with Gasteiger partial charge in [0.2, 0.25) is 5.89 Å². The molecule has 0 fully saturated rings. The highest BCUT2D eigenvalue weighted by Crippen LogP contribution is 2.20. The van der Waals surface area contributed by atoms with E-state index in [1.54, 1.807) is 0 Å². The van der Waals surface area contributed by atoms with Crippen molar-refractivity contribution in [3.8, 4) is 29.0 Å². The lowest BCUT2D eigenvalue weighted by atomic mass is 10.2. The molecule has 120 valence electrons. The van der Waals surface area contributed by atoms with E-state index in [2.05, 4.69) is 16.8 Å². The molecule has 0 unspecified atom stereocenters. The van der Waals surface area contributed by atoms with Crippen molar-refractivity contribution in [1.29, 1.82) is 0 Å². The van der Waals surface area contributed by atoms with Gasteiger partial charge in [-0.2, -0.15) is 0 Å². The molecule has 0 aliphatic heterocycles. The van der Waals surface area contributed by atoms with Gasteiger partial charge in [0.05, 0.1) is 0 Å². The second-order valence-electron chi connectivity index (χ2n) is 5.23. The van der Waals surface area contributed by atoms with E-state index in [4.69, 9.17) is 14.9 Å². The molecule has 0 saturated carbocycles. The Morgan fingerprint density at radius 2 is 1.83 bits per heavy atom. The third kappa shape index (κ3) is 3.83. The van der Waals surface area contributed by atoms with Crippen molar-refractivity contribution in [2.45, 2.75) is 13.5 Å². The quantitative estimate of drug-likeness (QED) is 0.747. The van der Waals surface area contributed by atoms with Gasteiger partial charge in [-0.05, 0) is 42.7 Å². The first-order valence-electron chi connectivity index (χ1n) is 7.70. The summed E-state index contributed by atoms with van der Waals surface area (Å²) in [5.41, 5.74) is 8.20. The van der Waals surface area contributed by atoms with E-state index in [0.717, 1.165) is 16.9 Å². The molecule has 4 nitrogen and oxygen atoms in total. The fourth-order valence-electron chi connectivity index (χ4n) is 2.18. The highest BCUT2D eigenvalue weighted by molar-refractivity contribution is 5.54. The Kier molecular flexibility index (Phi) is 4.95. The molecule has 0 aliphatic carbocycles. The van der Waals surface area contributed by atoms with Gasteiger partial charge in [0.15, 0.2) is 5.69 Å². The Morgan fingerprint density at radius 1 is 1.08 bits per heavy atom. The zero-order valence-electron chi connectivity index (χ0n) is 13.5. The summed E-state index contributed by atoms with van der Waals surface area (Å²) in [6.07, 6.45) is 0. The normalized spacial score (nSPS) is 10.1. The van der Waals surface area contributed by atoms with Gasteiger partial charge in [0.25, 0.3) is 0 Å². The van der Waals surface area contributed by atoms with Gasteiger partial charge < -0.3 is 14.9 Å². The van der Waals surface area contributed by atoms with E-state index in [1.165, 1.54) is 0 Å². The van der Waals surface area contributed by atoms with Gasteiger partial charge in [0.1, 0.15) is 18.1 Å². The molecule has 4 heteroatoms. The summed E-state index contributed by atoms with van der Waals surface area (Å²) < 4.78 is 11.3. The number of hydrogen-bond donors (Lipinski definition) is 1. The highest BCUT2D eigenvalue weighted by atomic mass is 16.5. The number of ether oxygens (including phenoxy) is 1. The third-order valence-electron chi connectivity index (χ3n) is 3.49. The number of aryl methyl sites for hydroxylation is 1. The van der Waals surface area contributed by atoms with Crippen LogP contribution in [0.1, 0.15) is 17.0 Å².